The first-order chi connectivity index (χ1) is 14.2. The number of benzene rings is 3. The molecule has 1 heterocycles. The van der Waals surface area contributed by atoms with Crippen LogP contribution >= 0.6 is 0 Å². The van der Waals surface area contributed by atoms with Crippen molar-refractivity contribution in [3.05, 3.63) is 90.5 Å². The van der Waals surface area contributed by atoms with Crippen LogP contribution < -0.4 is 20.3 Å². The van der Waals surface area contributed by atoms with Crippen molar-refractivity contribution >= 4 is 11.6 Å². The molecule has 3 aromatic rings. The molecule has 29 heavy (non-hydrogen) atoms. The Hall–Kier alpha value is -3.73. The maximum absolute atomic E-state index is 12.5. The average Bonchev–Trinajstić information content (AvgIpc) is 2.80. The summed E-state index contributed by atoms with van der Waals surface area (Å²) in [5.74, 6) is 0.929. The lowest BCUT2D eigenvalue weighted by Gasteiger charge is -2.26. The van der Waals surface area contributed by atoms with Crippen molar-refractivity contribution < 1.29 is 14.3 Å². The molecule has 0 aromatic heterocycles. The standard InChI is InChI=1S/C24H22N2O3/c1-2-20(19-14-12-18(13-15-19)17-8-4-3-5-9-17)25-26-24(27)23-16-28-21-10-6-7-11-22(21)29-23/h2-15,23,25H,16H2,1H3,(H,26,27). The summed E-state index contributed by atoms with van der Waals surface area (Å²) < 4.78 is 11.3. The molecule has 0 saturated carbocycles. The van der Waals surface area contributed by atoms with Gasteiger partial charge in [-0.25, -0.2) is 0 Å². The van der Waals surface area contributed by atoms with Gasteiger partial charge in [-0.3, -0.25) is 15.6 Å². The zero-order valence-electron chi connectivity index (χ0n) is 16.1. The second-order valence-corrected chi connectivity index (χ2v) is 6.62. The molecule has 0 radical (unpaired) electrons. The minimum Gasteiger partial charge on any atom is -0.485 e. The predicted molar refractivity (Wildman–Crippen MR) is 113 cm³/mol. The van der Waals surface area contributed by atoms with Crippen LogP contribution in [0, 0.1) is 0 Å². The first kappa shape index (κ1) is 18.6. The highest BCUT2D eigenvalue weighted by molar-refractivity contribution is 5.82. The number of amides is 1. The van der Waals surface area contributed by atoms with Crippen LogP contribution in [0.5, 0.6) is 11.5 Å². The van der Waals surface area contributed by atoms with Crippen molar-refractivity contribution in [3.63, 3.8) is 0 Å². The van der Waals surface area contributed by atoms with Gasteiger partial charge in [-0.05, 0) is 35.7 Å². The quantitative estimate of drug-likeness (QED) is 0.646. The molecule has 0 fully saturated rings. The van der Waals surface area contributed by atoms with E-state index < -0.39 is 6.10 Å². The van der Waals surface area contributed by atoms with Crippen molar-refractivity contribution in [1.82, 2.24) is 10.9 Å². The smallest absolute Gasteiger partial charge is 0.282 e. The van der Waals surface area contributed by atoms with E-state index in [2.05, 4.69) is 35.1 Å². The first-order valence-corrected chi connectivity index (χ1v) is 9.51. The lowest BCUT2D eigenvalue weighted by Crippen LogP contribution is -2.48. The van der Waals surface area contributed by atoms with E-state index in [-0.39, 0.29) is 12.5 Å². The Morgan fingerprint density at radius 3 is 2.24 bits per heavy atom. The number of carbonyl (C=O) groups is 1. The molecule has 4 rings (SSSR count). The molecule has 0 spiro atoms. The van der Waals surface area contributed by atoms with Crippen LogP contribution in [-0.4, -0.2) is 18.6 Å². The van der Waals surface area contributed by atoms with E-state index in [0.717, 1.165) is 22.4 Å². The lowest BCUT2D eigenvalue weighted by atomic mass is 10.0. The van der Waals surface area contributed by atoms with Crippen molar-refractivity contribution in [2.75, 3.05) is 6.61 Å². The highest BCUT2D eigenvalue weighted by Gasteiger charge is 2.27. The number of fused-ring (bicyclic) bond motifs is 1. The fourth-order valence-corrected chi connectivity index (χ4v) is 3.14. The topological polar surface area (TPSA) is 59.6 Å². The highest BCUT2D eigenvalue weighted by atomic mass is 16.6. The van der Waals surface area contributed by atoms with Gasteiger partial charge in [0.2, 0.25) is 6.10 Å². The van der Waals surface area contributed by atoms with E-state index in [1.165, 1.54) is 0 Å². The summed E-state index contributed by atoms with van der Waals surface area (Å²) >= 11 is 0. The van der Waals surface area contributed by atoms with E-state index in [4.69, 9.17) is 9.47 Å². The zero-order chi connectivity index (χ0) is 20.1. The molecule has 5 heteroatoms. The van der Waals surface area contributed by atoms with Crippen LogP contribution in [0.4, 0.5) is 0 Å². The molecule has 3 aromatic carbocycles. The molecule has 1 amide bonds. The number of hydrogen-bond donors (Lipinski definition) is 2. The second kappa shape index (κ2) is 8.52. The SMILES string of the molecule is CC=C(NNC(=O)C1COc2ccccc2O1)c1ccc(-c2ccccc2)cc1. The zero-order valence-corrected chi connectivity index (χ0v) is 16.1. The van der Waals surface area contributed by atoms with Crippen molar-refractivity contribution in [2.45, 2.75) is 13.0 Å². The van der Waals surface area contributed by atoms with Crippen molar-refractivity contribution in [1.29, 1.82) is 0 Å². The third-order valence-electron chi connectivity index (χ3n) is 4.71. The summed E-state index contributed by atoms with van der Waals surface area (Å²) in [7, 11) is 0. The van der Waals surface area contributed by atoms with Gasteiger partial charge in [-0.15, -0.1) is 0 Å². The molecule has 5 nitrogen and oxygen atoms in total. The minimum atomic E-state index is -0.712. The Morgan fingerprint density at radius 2 is 1.52 bits per heavy atom. The Bertz CT molecular complexity index is 1010. The van der Waals surface area contributed by atoms with Gasteiger partial charge in [0, 0.05) is 0 Å². The number of hydrazine groups is 1. The van der Waals surface area contributed by atoms with Crippen molar-refractivity contribution in [3.8, 4) is 22.6 Å². The molecule has 1 aliphatic heterocycles. The fourth-order valence-electron chi connectivity index (χ4n) is 3.14. The molecule has 146 valence electrons. The van der Waals surface area contributed by atoms with Crippen LogP contribution in [0.15, 0.2) is 84.9 Å². The number of rotatable bonds is 5. The van der Waals surface area contributed by atoms with Gasteiger partial charge in [0.15, 0.2) is 11.5 Å². The summed E-state index contributed by atoms with van der Waals surface area (Å²) in [6.45, 7) is 2.08. The van der Waals surface area contributed by atoms with Gasteiger partial charge in [0.25, 0.3) is 5.91 Å². The van der Waals surface area contributed by atoms with Gasteiger partial charge in [-0.2, -0.15) is 0 Å². The van der Waals surface area contributed by atoms with Gasteiger partial charge in [-0.1, -0.05) is 72.8 Å². The minimum absolute atomic E-state index is 0.168. The van der Waals surface area contributed by atoms with Crippen LogP contribution in [-0.2, 0) is 4.79 Å². The Morgan fingerprint density at radius 1 is 0.862 bits per heavy atom. The maximum Gasteiger partial charge on any atom is 0.282 e. The molecule has 0 aliphatic carbocycles. The molecular formula is C24H22N2O3. The molecule has 1 unspecified atom stereocenters. The summed E-state index contributed by atoms with van der Waals surface area (Å²) in [6.07, 6.45) is 1.20. The van der Waals surface area contributed by atoms with Gasteiger partial charge >= 0.3 is 0 Å². The summed E-state index contributed by atoms with van der Waals surface area (Å²) in [5.41, 5.74) is 9.78. The Kier molecular flexibility index (Phi) is 5.47. The van der Waals surface area contributed by atoms with Crippen molar-refractivity contribution in [2.24, 2.45) is 0 Å². The monoisotopic (exact) mass is 386 g/mol. The number of carbonyl (C=O) groups excluding carboxylic acids is 1. The largest absolute Gasteiger partial charge is 0.485 e. The number of para-hydroxylation sites is 2. The Labute approximate surface area is 169 Å². The van der Waals surface area contributed by atoms with E-state index in [0.29, 0.717) is 11.5 Å². The third kappa shape index (κ3) is 4.24. The van der Waals surface area contributed by atoms with E-state index >= 15 is 0 Å². The maximum atomic E-state index is 12.5. The number of nitrogens with one attached hydrogen (secondary N) is 2. The van der Waals surface area contributed by atoms with Gasteiger partial charge in [0.1, 0.15) is 6.61 Å². The van der Waals surface area contributed by atoms with E-state index in [9.17, 15) is 4.79 Å². The predicted octanol–water partition coefficient (Wildman–Crippen LogP) is 4.18. The Balaban J connectivity index is 1.38. The third-order valence-corrected chi connectivity index (χ3v) is 4.71. The van der Waals surface area contributed by atoms with Crippen LogP contribution in [0.2, 0.25) is 0 Å². The fraction of sp³-hybridized carbons (Fsp3) is 0.125. The summed E-state index contributed by atoms with van der Waals surface area (Å²) in [4.78, 5) is 12.5. The highest BCUT2D eigenvalue weighted by Crippen LogP contribution is 2.30. The molecule has 0 saturated heterocycles. The number of hydrogen-bond acceptors (Lipinski definition) is 4. The molecule has 1 atom stereocenters. The lowest BCUT2D eigenvalue weighted by molar-refractivity contribution is -0.131. The van der Waals surface area contributed by atoms with Crippen LogP contribution in [0.25, 0.3) is 16.8 Å². The second-order valence-electron chi connectivity index (χ2n) is 6.62. The summed E-state index contributed by atoms with van der Waals surface area (Å²) in [5, 5.41) is 0. The molecule has 1 aliphatic rings. The molecule has 0 bridgehead atoms. The summed E-state index contributed by atoms with van der Waals surface area (Å²) in [6, 6.07) is 25.7. The van der Waals surface area contributed by atoms with E-state index in [1.807, 2.05) is 61.5 Å². The first-order valence-electron chi connectivity index (χ1n) is 9.51. The molecular weight excluding hydrogens is 364 g/mol. The van der Waals surface area contributed by atoms with Crippen LogP contribution in [0.3, 0.4) is 0 Å². The van der Waals surface area contributed by atoms with Gasteiger partial charge in [0.05, 0.1) is 5.70 Å². The van der Waals surface area contributed by atoms with E-state index in [1.54, 1.807) is 6.07 Å². The normalized spacial score (nSPS) is 15.5. The number of allylic oxidation sites excluding steroid dienone is 1. The average molecular weight is 386 g/mol. The number of ether oxygens (including phenoxy) is 2. The van der Waals surface area contributed by atoms with Crippen LogP contribution in [0.1, 0.15) is 12.5 Å². The van der Waals surface area contributed by atoms with Gasteiger partial charge < -0.3 is 9.47 Å². The molecule has 2 N–H and O–H groups in total.